The van der Waals surface area contributed by atoms with Gasteiger partial charge in [-0.2, -0.15) is 0 Å². The number of carboxylic acids is 1. The number of carboxylic acid groups (broad SMARTS) is 1. The van der Waals surface area contributed by atoms with Crippen LogP contribution in [0.5, 0.6) is 5.75 Å². The van der Waals surface area contributed by atoms with Crippen LogP contribution in [-0.2, 0) is 11.2 Å². The Hall–Kier alpha value is -2.10. The lowest BCUT2D eigenvalue weighted by Crippen LogP contribution is -2.07. The summed E-state index contributed by atoms with van der Waals surface area (Å²) in [6, 6.07) is 5.44. The minimum atomic E-state index is -0.950. The zero-order valence-corrected chi connectivity index (χ0v) is 11.1. The summed E-state index contributed by atoms with van der Waals surface area (Å²) in [5, 5.41) is 8.46. The number of allylic oxidation sites excluding steroid dienone is 1. The van der Waals surface area contributed by atoms with E-state index in [1.165, 1.54) is 0 Å². The van der Waals surface area contributed by atoms with Crippen molar-refractivity contribution in [2.45, 2.75) is 32.8 Å². The van der Waals surface area contributed by atoms with Crippen molar-refractivity contribution in [1.29, 1.82) is 0 Å². The van der Waals surface area contributed by atoms with Crippen LogP contribution in [0.25, 0.3) is 0 Å². The van der Waals surface area contributed by atoms with Crippen molar-refractivity contribution in [3.63, 3.8) is 0 Å². The summed E-state index contributed by atoms with van der Waals surface area (Å²) in [6.45, 7) is 3.80. The van der Waals surface area contributed by atoms with Crippen LogP contribution in [0.15, 0.2) is 30.4 Å². The predicted molar refractivity (Wildman–Crippen MR) is 72.7 cm³/mol. The number of rotatable bonds is 7. The standard InChI is InChI=1S/C15H18O4/c1-11(2)19-14-8-7-12(9-13(14)10-16)5-3-4-6-15(17)18/h4,6-11H,3,5H2,1-2H3,(H,17,18)/b6-4+. The lowest BCUT2D eigenvalue weighted by atomic mass is 10.1. The summed E-state index contributed by atoms with van der Waals surface area (Å²) < 4.78 is 5.53. The van der Waals surface area contributed by atoms with Gasteiger partial charge in [0, 0.05) is 6.08 Å². The first kappa shape index (κ1) is 15.0. The smallest absolute Gasteiger partial charge is 0.327 e. The molecule has 4 heteroatoms. The molecule has 1 rings (SSSR count). The zero-order valence-electron chi connectivity index (χ0n) is 11.1. The second kappa shape index (κ2) is 7.36. The van der Waals surface area contributed by atoms with Gasteiger partial charge in [0.25, 0.3) is 0 Å². The molecular formula is C15H18O4. The first-order valence-corrected chi connectivity index (χ1v) is 6.17. The quantitative estimate of drug-likeness (QED) is 0.606. The number of hydrogen-bond acceptors (Lipinski definition) is 3. The largest absolute Gasteiger partial charge is 0.490 e. The average molecular weight is 262 g/mol. The molecule has 0 fully saturated rings. The maximum atomic E-state index is 11.0. The van der Waals surface area contributed by atoms with Gasteiger partial charge >= 0.3 is 5.97 Å². The lowest BCUT2D eigenvalue weighted by molar-refractivity contribution is -0.131. The minimum Gasteiger partial charge on any atom is -0.490 e. The number of hydrogen-bond donors (Lipinski definition) is 1. The van der Waals surface area contributed by atoms with Gasteiger partial charge in [0.05, 0.1) is 11.7 Å². The van der Waals surface area contributed by atoms with Gasteiger partial charge in [-0.15, -0.1) is 0 Å². The average Bonchev–Trinajstić information content (AvgIpc) is 2.35. The highest BCUT2D eigenvalue weighted by Gasteiger charge is 2.06. The molecular weight excluding hydrogens is 244 g/mol. The maximum absolute atomic E-state index is 11.0. The number of carbonyl (C=O) groups is 2. The van der Waals surface area contributed by atoms with Crippen LogP contribution >= 0.6 is 0 Å². The Bertz CT molecular complexity index is 475. The maximum Gasteiger partial charge on any atom is 0.327 e. The highest BCUT2D eigenvalue weighted by atomic mass is 16.5. The Morgan fingerprint density at radius 3 is 2.74 bits per heavy atom. The third-order valence-electron chi connectivity index (χ3n) is 2.42. The second-order valence-electron chi connectivity index (χ2n) is 4.44. The summed E-state index contributed by atoms with van der Waals surface area (Å²) in [5.74, 6) is -0.371. The Labute approximate surface area is 112 Å². The van der Waals surface area contributed by atoms with Gasteiger partial charge in [-0.3, -0.25) is 4.79 Å². The molecule has 0 heterocycles. The minimum absolute atomic E-state index is 0.0167. The van der Waals surface area contributed by atoms with E-state index in [1.54, 1.807) is 18.2 Å². The zero-order chi connectivity index (χ0) is 14.3. The van der Waals surface area contributed by atoms with Gasteiger partial charge in [-0.05, 0) is 44.4 Å². The predicted octanol–water partition coefficient (Wildman–Crippen LogP) is 2.86. The molecule has 0 spiro atoms. The van der Waals surface area contributed by atoms with Crippen LogP contribution in [0.4, 0.5) is 0 Å². The fourth-order valence-electron chi connectivity index (χ4n) is 1.64. The molecule has 0 aliphatic rings. The Morgan fingerprint density at radius 1 is 1.42 bits per heavy atom. The van der Waals surface area contributed by atoms with Crippen molar-refractivity contribution in [3.8, 4) is 5.75 Å². The molecule has 0 unspecified atom stereocenters. The van der Waals surface area contributed by atoms with Gasteiger partial charge in [0.2, 0.25) is 0 Å². The molecule has 1 N–H and O–H groups in total. The first-order chi connectivity index (χ1) is 9.02. The molecule has 19 heavy (non-hydrogen) atoms. The van der Waals surface area contributed by atoms with Gasteiger partial charge in [0.1, 0.15) is 5.75 Å². The van der Waals surface area contributed by atoms with Crippen LogP contribution in [0.2, 0.25) is 0 Å². The molecule has 0 aromatic heterocycles. The second-order valence-corrected chi connectivity index (χ2v) is 4.44. The lowest BCUT2D eigenvalue weighted by Gasteiger charge is -2.12. The highest BCUT2D eigenvalue weighted by molar-refractivity contribution is 5.80. The van der Waals surface area contributed by atoms with Crippen LogP contribution in [-0.4, -0.2) is 23.5 Å². The van der Waals surface area contributed by atoms with E-state index in [-0.39, 0.29) is 6.10 Å². The van der Waals surface area contributed by atoms with E-state index < -0.39 is 5.97 Å². The van der Waals surface area contributed by atoms with E-state index in [4.69, 9.17) is 9.84 Å². The van der Waals surface area contributed by atoms with Crippen LogP contribution in [0, 0.1) is 0 Å². The fourth-order valence-corrected chi connectivity index (χ4v) is 1.64. The summed E-state index contributed by atoms with van der Waals surface area (Å²) in [6.07, 6.45) is 4.82. The van der Waals surface area contributed by atoms with E-state index in [0.717, 1.165) is 17.9 Å². The summed E-state index contributed by atoms with van der Waals surface area (Å²) in [4.78, 5) is 21.3. The highest BCUT2D eigenvalue weighted by Crippen LogP contribution is 2.20. The monoisotopic (exact) mass is 262 g/mol. The Morgan fingerprint density at radius 2 is 2.16 bits per heavy atom. The van der Waals surface area contributed by atoms with Gasteiger partial charge in [-0.1, -0.05) is 12.1 Å². The van der Waals surface area contributed by atoms with Gasteiger partial charge < -0.3 is 9.84 Å². The molecule has 102 valence electrons. The number of ether oxygens (including phenoxy) is 1. The van der Waals surface area contributed by atoms with Crippen molar-refractivity contribution < 1.29 is 19.4 Å². The third-order valence-corrected chi connectivity index (χ3v) is 2.42. The van der Waals surface area contributed by atoms with E-state index in [0.29, 0.717) is 24.2 Å². The Kier molecular flexibility index (Phi) is 5.79. The molecule has 0 amide bonds. The number of aryl methyl sites for hydroxylation is 1. The molecule has 0 bridgehead atoms. The summed E-state index contributed by atoms with van der Waals surface area (Å²) in [5.41, 5.74) is 1.50. The van der Waals surface area contributed by atoms with Gasteiger partial charge in [-0.25, -0.2) is 4.79 Å². The van der Waals surface area contributed by atoms with Crippen molar-refractivity contribution >= 4 is 12.3 Å². The Balaban J connectivity index is 2.71. The molecule has 0 saturated heterocycles. The molecule has 1 aromatic carbocycles. The molecule has 0 radical (unpaired) electrons. The van der Waals surface area contributed by atoms with E-state index in [2.05, 4.69) is 0 Å². The van der Waals surface area contributed by atoms with Crippen LogP contribution in [0.3, 0.4) is 0 Å². The summed E-state index contributed by atoms with van der Waals surface area (Å²) in [7, 11) is 0. The van der Waals surface area contributed by atoms with E-state index >= 15 is 0 Å². The van der Waals surface area contributed by atoms with Crippen LogP contribution < -0.4 is 4.74 Å². The SMILES string of the molecule is CC(C)Oc1ccc(CC/C=C/C(=O)O)cc1C=O. The van der Waals surface area contributed by atoms with Crippen molar-refractivity contribution in [2.24, 2.45) is 0 Å². The number of aldehydes is 1. The number of carbonyl (C=O) groups excluding carboxylic acids is 1. The topological polar surface area (TPSA) is 63.6 Å². The molecule has 1 aromatic rings. The number of benzene rings is 1. The van der Waals surface area contributed by atoms with Crippen molar-refractivity contribution in [2.75, 3.05) is 0 Å². The molecule has 0 aliphatic heterocycles. The molecule has 4 nitrogen and oxygen atoms in total. The third kappa shape index (κ3) is 5.38. The molecule has 0 atom stereocenters. The summed E-state index contributed by atoms with van der Waals surface area (Å²) >= 11 is 0. The van der Waals surface area contributed by atoms with Gasteiger partial charge in [0.15, 0.2) is 6.29 Å². The van der Waals surface area contributed by atoms with Crippen molar-refractivity contribution in [3.05, 3.63) is 41.5 Å². The van der Waals surface area contributed by atoms with Crippen LogP contribution in [0.1, 0.15) is 36.2 Å². The molecule has 0 saturated carbocycles. The number of aliphatic carboxylic acids is 1. The van der Waals surface area contributed by atoms with E-state index in [1.807, 2.05) is 19.9 Å². The normalized spacial score (nSPS) is 10.9. The molecule has 0 aliphatic carbocycles. The van der Waals surface area contributed by atoms with E-state index in [9.17, 15) is 9.59 Å². The fraction of sp³-hybridized carbons (Fsp3) is 0.333. The van der Waals surface area contributed by atoms with Crippen molar-refractivity contribution in [1.82, 2.24) is 0 Å². The first-order valence-electron chi connectivity index (χ1n) is 6.17.